The molecule has 2 N–H and O–H groups in total. The molecule has 2 aromatic carbocycles. The number of phenols is 1. The van der Waals surface area contributed by atoms with Crippen LogP contribution in [0.5, 0.6) is 5.75 Å². The second-order valence-corrected chi connectivity index (χ2v) is 7.08. The van der Waals surface area contributed by atoms with Crippen molar-refractivity contribution in [1.82, 2.24) is 0 Å². The van der Waals surface area contributed by atoms with Gasteiger partial charge in [-0.1, -0.05) is 17.7 Å². The number of benzene rings is 2. The lowest BCUT2D eigenvalue weighted by Gasteiger charge is -2.12. The Hall–Kier alpha value is -2.34. The summed E-state index contributed by atoms with van der Waals surface area (Å²) in [5.41, 5.74) is 3.27. The number of aryl methyl sites for hydroxylation is 1. The fourth-order valence-corrected chi connectivity index (χ4v) is 3.09. The third-order valence-corrected chi connectivity index (χ3v) is 5.03. The second kappa shape index (κ2) is 6.42. The summed E-state index contributed by atoms with van der Waals surface area (Å²) in [7, 11) is -3.75. The molecule has 0 amide bonds. The molecule has 2 aromatic rings. The van der Waals surface area contributed by atoms with Gasteiger partial charge >= 0.3 is 0 Å². The van der Waals surface area contributed by atoms with Gasteiger partial charge in [0.05, 0.1) is 4.90 Å². The van der Waals surface area contributed by atoms with Crippen LogP contribution in [-0.4, -0.2) is 19.4 Å². The van der Waals surface area contributed by atoms with Crippen LogP contribution in [0.15, 0.2) is 45.7 Å². The summed E-state index contributed by atoms with van der Waals surface area (Å²) < 4.78 is 28.4. The molecule has 122 valence electrons. The molecule has 0 spiro atoms. The maximum atomic E-state index is 12.3. The monoisotopic (exact) mass is 332 g/mol. The lowest BCUT2D eigenvalue weighted by molar-refractivity contribution is 0.470. The Kier molecular flexibility index (Phi) is 4.75. The van der Waals surface area contributed by atoms with Gasteiger partial charge in [0, 0.05) is 5.69 Å². The van der Waals surface area contributed by atoms with E-state index < -0.39 is 10.0 Å². The normalized spacial score (nSPS) is 12.3. The van der Waals surface area contributed by atoms with Crippen molar-refractivity contribution >= 4 is 21.5 Å². The molecular formula is C17H20N2O3S. The highest BCUT2D eigenvalue weighted by Gasteiger charge is 2.13. The van der Waals surface area contributed by atoms with Crippen molar-refractivity contribution in [3.63, 3.8) is 0 Å². The molecule has 5 nitrogen and oxygen atoms in total. The zero-order chi connectivity index (χ0) is 17.2. The van der Waals surface area contributed by atoms with Crippen molar-refractivity contribution in [2.24, 2.45) is 4.40 Å². The third-order valence-electron chi connectivity index (χ3n) is 3.65. The van der Waals surface area contributed by atoms with Crippen LogP contribution >= 0.6 is 0 Å². The van der Waals surface area contributed by atoms with E-state index in [0.717, 1.165) is 16.7 Å². The van der Waals surface area contributed by atoms with Gasteiger partial charge < -0.3 is 10.4 Å². The molecule has 0 fully saturated rings. The maximum absolute atomic E-state index is 12.3. The summed E-state index contributed by atoms with van der Waals surface area (Å²) in [4.78, 5) is 0.155. The molecule has 0 heterocycles. The highest BCUT2D eigenvalue weighted by Crippen LogP contribution is 2.26. The summed E-state index contributed by atoms with van der Waals surface area (Å²) in [6, 6.07) is 9.80. The Labute approximate surface area is 136 Å². The largest absolute Gasteiger partial charge is 0.508 e. The topological polar surface area (TPSA) is 78.8 Å². The number of hydrogen-bond acceptors (Lipinski definition) is 3. The number of hydrogen-bond donors (Lipinski definition) is 2. The van der Waals surface area contributed by atoms with E-state index in [1.165, 1.54) is 12.1 Å². The third kappa shape index (κ3) is 3.90. The summed E-state index contributed by atoms with van der Waals surface area (Å²) in [5, 5.41) is 12.6. The molecule has 2 rings (SSSR count). The van der Waals surface area contributed by atoms with Gasteiger partial charge in [-0.15, -0.1) is 4.40 Å². The number of amidine groups is 1. The first-order chi connectivity index (χ1) is 10.7. The highest BCUT2D eigenvalue weighted by atomic mass is 32.2. The van der Waals surface area contributed by atoms with Crippen molar-refractivity contribution in [1.29, 1.82) is 0 Å². The Morgan fingerprint density at radius 1 is 1.00 bits per heavy atom. The number of rotatable bonds is 3. The van der Waals surface area contributed by atoms with E-state index in [9.17, 15) is 13.5 Å². The van der Waals surface area contributed by atoms with Crippen LogP contribution in [-0.2, 0) is 10.0 Å². The van der Waals surface area contributed by atoms with Gasteiger partial charge in [-0.25, -0.2) is 0 Å². The molecule has 0 aliphatic carbocycles. The van der Waals surface area contributed by atoms with Gasteiger partial charge in [-0.2, -0.15) is 8.42 Å². The van der Waals surface area contributed by atoms with Crippen LogP contribution in [0.25, 0.3) is 0 Å². The molecule has 0 saturated carbocycles. The standard InChI is InChI=1S/C17H20N2O3S/c1-11-5-7-15(8-6-11)23(21,22)19-14(4)18-16-9-10-17(20)13(3)12(16)2/h5-10,20H,1-4H3,(H,18,19). The molecule has 0 aliphatic rings. The minimum atomic E-state index is -3.75. The smallest absolute Gasteiger partial charge is 0.283 e. The quantitative estimate of drug-likeness (QED) is 0.512. The Balaban J connectivity index is 2.29. The van der Waals surface area contributed by atoms with E-state index >= 15 is 0 Å². The zero-order valence-corrected chi connectivity index (χ0v) is 14.4. The van der Waals surface area contributed by atoms with Crippen LogP contribution in [0.4, 0.5) is 5.69 Å². The lowest BCUT2D eigenvalue weighted by Crippen LogP contribution is -2.12. The second-order valence-electron chi connectivity index (χ2n) is 5.47. The van der Waals surface area contributed by atoms with Gasteiger partial charge in [-0.3, -0.25) is 0 Å². The fourth-order valence-electron chi connectivity index (χ4n) is 2.10. The first kappa shape index (κ1) is 17.0. The van der Waals surface area contributed by atoms with Gasteiger partial charge in [0.1, 0.15) is 11.6 Å². The van der Waals surface area contributed by atoms with E-state index in [1.807, 2.05) is 13.8 Å². The van der Waals surface area contributed by atoms with Crippen LogP contribution in [0.2, 0.25) is 0 Å². The number of sulfonamides is 1. The van der Waals surface area contributed by atoms with Crippen molar-refractivity contribution in [3.8, 4) is 5.75 Å². The Bertz CT molecular complexity index is 854. The fraction of sp³-hybridized carbons (Fsp3) is 0.235. The molecule has 23 heavy (non-hydrogen) atoms. The van der Waals surface area contributed by atoms with Crippen molar-refractivity contribution < 1.29 is 13.5 Å². The van der Waals surface area contributed by atoms with E-state index in [1.54, 1.807) is 38.1 Å². The summed E-state index contributed by atoms with van der Waals surface area (Å²) in [6.45, 7) is 7.13. The minimum Gasteiger partial charge on any atom is -0.508 e. The molecule has 0 atom stereocenters. The average molecular weight is 332 g/mol. The maximum Gasteiger partial charge on any atom is 0.283 e. The van der Waals surface area contributed by atoms with Crippen LogP contribution in [0, 0.1) is 20.8 Å². The Morgan fingerprint density at radius 3 is 2.22 bits per heavy atom. The van der Waals surface area contributed by atoms with E-state index in [-0.39, 0.29) is 16.5 Å². The van der Waals surface area contributed by atoms with Crippen molar-refractivity contribution in [2.45, 2.75) is 32.6 Å². The first-order valence-electron chi connectivity index (χ1n) is 7.15. The summed E-state index contributed by atoms with van der Waals surface area (Å²) >= 11 is 0. The number of nitrogens with one attached hydrogen (secondary N) is 1. The van der Waals surface area contributed by atoms with E-state index in [4.69, 9.17) is 0 Å². The highest BCUT2D eigenvalue weighted by molar-refractivity contribution is 7.90. The van der Waals surface area contributed by atoms with Crippen LogP contribution in [0.1, 0.15) is 23.6 Å². The average Bonchev–Trinajstić information content (AvgIpc) is 2.48. The minimum absolute atomic E-state index is 0.155. The molecule has 0 saturated heterocycles. The van der Waals surface area contributed by atoms with E-state index in [0.29, 0.717) is 5.69 Å². The SMILES string of the molecule is CC(=NS(=O)(=O)c1ccc(C)cc1)Nc1ccc(O)c(C)c1C. The number of aromatic hydroxyl groups is 1. The molecular weight excluding hydrogens is 312 g/mol. The Morgan fingerprint density at radius 2 is 1.61 bits per heavy atom. The summed E-state index contributed by atoms with van der Waals surface area (Å²) in [5.74, 6) is 0.466. The first-order valence-corrected chi connectivity index (χ1v) is 8.59. The van der Waals surface area contributed by atoms with Gasteiger partial charge in [-0.05, 0) is 63.1 Å². The number of phenolic OH excluding ortho intramolecular Hbond substituents is 1. The molecule has 6 heteroatoms. The summed E-state index contributed by atoms with van der Waals surface area (Å²) in [6.07, 6.45) is 0. The predicted molar refractivity (Wildman–Crippen MR) is 92.7 cm³/mol. The molecule has 0 radical (unpaired) electrons. The molecule has 0 aromatic heterocycles. The van der Waals surface area contributed by atoms with Crippen LogP contribution in [0.3, 0.4) is 0 Å². The lowest BCUT2D eigenvalue weighted by atomic mass is 10.1. The van der Waals surface area contributed by atoms with Crippen molar-refractivity contribution in [2.75, 3.05) is 5.32 Å². The molecule has 0 aliphatic heterocycles. The van der Waals surface area contributed by atoms with Gasteiger partial charge in [0.2, 0.25) is 0 Å². The predicted octanol–water partition coefficient (Wildman–Crippen LogP) is 3.54. The van der Waals surface area contributed by atoms with Crippen LogP contribution < -0.4 is 5.32 Å². The number of anilines is 1. The molecule has 0 unspecified atom stereocenters. The van der Waals surface area contributed by atoms with Gasteiger partial charge in [0.25, 0.3) is 10.0 Å². The number of nitrogens with zero attached hydrogens (tertiary/aromatic N) is 1. The van der Waals surface area contributed by atoms with Crippen molar-refractivity contribution in [3.05, 3.63) is 53.1 Å². The zero-order valence-electron chi connectivity index (χ0n) is 13.6. The van der Waals surface area contributed by atoms with Gasteiger partial charge in [0.15, 0.2) is 0 Å². The van der Waals surface area contributed by atoms with E-state index in [2.05, 4.69) is 9.71 Å². The molecule has 0 bridgehead atoms.